The van der Waals surface area contributed by atoms with Crippen LogP contribution in [-0.2, 0) is 0 Å². The van der Waals surface area contributed by atoms with E-state index in [9.17, 15) is 5.11 Å². The van der Waals surface area contributed by atoms with E-state index < -0.39 is 6.10 Å². The number of thiophene rings is 2. The molecular formula is C11H11Br2NOS2. The summed E-state index contributed by atoms with van der Waals surface area (Å²) in [5, 5.41) is 12.4. The Kier molecular flexibility index (Phi) is 4.80. The van der Waals surface area contributed by atoms with Crippen molar-refractivity contribution in [3.8, 4) is 0 Å². The van der Waals surface area contributed by atoms with Crippen LogP contribution >= 0.6 is 54.5 Å². The molecule has 92 valence electrons. The van der Waals surface area contributed by atoms with Crippen LogP contribution in [-0.4, -0.2) is 11.7 Å². The average Bonchev–Trinajstić information content (AvgIpc) is 2.89. The summed E-state index contributed by atoms with van der Waals surface area (Å²) in [6.07, 6.45) is -0.574. The van der Waals surface area contributed by atoms with Crippen LogP contribution in [0, 0.1) is 0 Å². The van der Waals surface area contributed by atoms with E-state index in [2.05, 4.69) is 31.9 Å². The van der Waals surface area contributed by atoms with Gasteiger partial charge in [-0.25, -0.2) is 0 Å². The second-order valence-electron chi connectivity index (χ2n) is 3.58. The van der Waals surface area contributed by atoms with Crippen molar-refractivity contribution in [2.75, 3.05) is 6.54 Å². The SMILES string of the molecule is NCC(c1cccs1)C(O)c1cc(Br)sc1Br. The first-order valence-corrected chi connectivity index (χ1v) is 8.28. The fourth-order valence-electron chi connectivity index (χ4n) is 1.67. The number of aliphatic hydroxyl groups excluding tert-OH is 1. The molecule has 0 spiro atoms. The van der Waals surface area contributed by atoms with Gasteiger partial charge in [0.15, 0.2) is 0 Å². The van der Waals surface area contributed by atoms with E-state index in [4.69, 9.17) is 5.73 Å². The zero-order valence-electron chi connectivity index (χ0n) is 8.77. The molecule has 17 heavy (non-hydrogen) atoms. The molecule has 0 aliphatic rings. The van der Waals surface area contributed by atoms with E-state index >= 15 is 0 Å². The Morgan fingerprint density at radius 3 is 2.65 bits per heavy atom. The lowest BCUT2D eigenvalue weighted by molar-refractivity contribution is 0.148. The van der Waals surface area contributed by atoms with Gasteiger partial charge in [0.25, 0.3) is 0 Å². The molecule has 2 nitrogen and oxygen atoms in total. The summed E-state index contributed by atoms with van der Waals surface area (Å²) in [5.74, 6) is -0.0483. The van der Waals surface area contributed by atoms with Gasteiger partial charge in [-0.3, -0.25) is 0 Å². The fraction of sp³-hybridized carbons (Fsp3) is 0.273. The Morgan fingerprint density at radius 1 is 1.41 bits per heavy atom. The Balaban J connectivity index is 2.29. The minimum Gasteiger partial charge on any atom is -0.388 e. The maximum Gasteiger partial charge on any atom is 0.0898 e. The second-order valence-corrected chi connectivity index (χ2v) is 8.31. The highest BCUT2D eigenvalue weighted by Crippen LogP contribution is 2.41. The van der Waals surface area contributed by atoms with Gasteiger partial charge in [0.05, 0.1) is 13.7 Å². The number of hydrogen-bond acceptors (Lipinski definition) is 4. The monoisotopic (exact) mass is 395 g/mol. The van der Waals surface area contributed by atoms with Crippen LogP contribution in [0.5, 0.6) is 0 Å². The number of halogens is 2. The molecule has 0 aliphatic heterocycles. The highest BCUT2D eigenvalue weighted by Gasteiger charge is 2.25. The van der Waals surface area contributed by atoms with Crippen LogP contribution in [0.1, 0.15) is 22.5 Å². The van der Waals surface area contributed by atoms with Gasteiger partial charge in [0, 0.05) is 22.9 Å². The summed E-state index contributed by atoms with van der Waals surface area (Å²) >= 11 is 10.1. The normalized spacial score (nSPS) is 14.8. The molecule has 2 heterocycles. The zero-order chi connectivity index (χ0) is 12.4. The molecule has 0 aromatic carbocycles. The summed E-state index contributed by atoms with van der Waals surface area (Å²) in [5.41, 5.74) is 6.68. The van der Waals surface area contributed by atoms with Crippen molar-refractivity contribution in [2.24, 2.45) is 5.73 Å². The van der Waals surface area contributed by atoms with Crippen molar-refractivity contribution in [3.63, 3.8) is 0 Å². The fourth-order valence-corrected chi connectivity index (χ4v) is 5.46. The van der Waals surface area contributed by atoms with Gasteiger partial charge in [0.1, 0.15) is 0 Å². The molecule has 0 saturated heterocycles. The molecule has 6 heteroatoms. The van der Waals surface area contributed by atoms with E-state index in [1.54, 1.807) is 22.7 Å². The highest BCUT2D eigenvalue weighted by molar-refractivity contribution is 9.12. The predicted octanol–water partition coefficient (Wildman–Crippen LogP) is 4.11. The van der Waals surface area contributed by atoms with Crippen LogP contribution in [0.25, 0.3) is 0 Å². The Labute approximate surface area is 125 Å². The summed E-state index contributed by atoms with van der Waals surface area (Å²) < 4.78 is 1.95. The Bertz CT molecular complexity index is 484. The number of hydrogen-bond donors (Lipinski definition) is 2. The number of aliphatic hydroxyl groups is 1. The van der Waals surface area contributed by atoms with Crippen molar-refractivity contribution < 1.29 is 5.11 Å². The third kappa shape index (κ3) is 3.00. The molecule has 2 aromatic heterocycles. The average molecular weight is 397 g/mol. The lowest BCUT2D eigenvalue weighted by Crippen LogP contribution is -2.19. The molecule has 0 aliphatic carbocycles. The molecule has 2 atom stereocenters. The topological polar surface area (TPSA) is 46.2 Å². The summed E-state index contributed by atoms with van der Waals surface area (Å²) in [6, 6.07) is 5.93. The molecule has 0 bridgehead atoms. The van der Waals surface area contributed by atoms with Crippen molar-refractivity contribution in [3.05, 3.63) is 41.6 Å². The van der Waals surface area contributed by atoms with Gasteiger partial charge in [-0.05, 0) is 49.4 Å². The van der Waals surface area contributed by atoms with Gasteiger partial charge in [-0.1, -0.05) is 6.07 Å². The van der Waals surface area contributed by atoms with Crippen molar-refractivity contribution in [2.45, 2.75) is 12.0 Å². The summed E-state index contributed by atoms with van der Waals surface area (Å²) in [7, 11) is 0. The predicted molar refractivity (Wildman–Crippen MR) is 80.8 cm³/mol. The molecule has 2 rings (SSSR count). The van der Waals surface area contributed by atoms with E-state index in [0.717, 1.165) is 18.0 Å². The van der Waals surface area contributed by atoms with Crippen LogP contribution in [0.3, 0.4) is 0 Å². The van der Waals surface area contributed by atoms with E-state index in [1.165, 1.54) is 0 Å². The molecule has 0 amide bonds. The number of rotatable bonds is 4. The van der Waals surface area contributed by atoms with Crippen molar-refractivity contribution in [1.82, 2.24) is 0 Å². The largest absolute Gasteiger partial charge is 0.388 e. The molecule has 0 saturated carbocycles. The molecule has 0 radical (unpaired) electrons. The zero-order valence-corrected chi connectivity index (χ0v) is 13.6. The second kappa shape index (κ2) is 5.95. The Morgan fingerprint density at radius 2 is 2.18 bits per heavy atom. The molecule has 3 N–H and O–H groups in total. The third-order valence-electron chi connectivity index (χ3n) is 2.55. The summed E-state index contributed by atoms with van der Waals surface area (Å²) in [4.78, 5) is 1.12. The number of nitrogens with two attached hydrogens (primary N) is 1. The maximum absolute atomic E-state index is 10.4. The van der Waals surface area contributed by atoms with E-state index in [0.29, 0.717) is 6.54 Å². The maximum atomic E-state index is 10.4. The first-order chi connectivity index (χ1) is 8.13. The first kappa shape index (κ1) is 13.7. The van der Waals surface area contributed by atoms with Gasteiger partial charge in [-0.15, -0.1) is 22.7 Å². The molecule has 2 aromatic rings. The lowest BCUT2D eigenvalue weighted by atomic mass is 9.96. The van der Waals surface area contributed by atoms with Gasteiger partial charge in [-0.2, -0.15) is 0 Å². The third-order valence-corrected chi connectivity index (χ3v) is 5.94. The van der Waals surface area contributed by atoms with Crippen molar-refractivity contribution in [1.29, 1.82) is 0 Å². The van der Waals surface area contributed by atoms with Crippen LogP contribution in [0.2, 0.25) is 0 Å². The Hall–Kier alpha value is 0.280. The van der Waals surface area contributed by atoms with Crippen LogP contribution in [0.4, 0.5) is 0 Å². The molecule has 0 fully saturated rings. The van der Waals surface area contributed by atoms with Crippen molar-refractivity contribution >= 4 is 54.5 Å². The lowest BCUT2D eigenvalue weighted by Gasteiger charge is -2.20. The standard InChI is InChI=1S/C11H11Br2NOS2/c12-9-4-6(11(13)17-9)10(15)7(5-14)8-2-1-3-16-8/h1-4,7,10,15H,5,14H2. The van der Waals surface area contributed by atoms with E-state index in [1.807, 2.05) is 23.6 Å². The van der Waals surface area contributed by atoms with Gasteiger partial charge >= 0.3 is 0 Å². The first-order valence-electron chi connectivity index (χ1n) is 4.99. The van der Waals surface area contributed by atoms with Crippen LogP contribution < -0.4 is 5.73 Å². The van der Waals surface area contributed by atoms with Gasteiger partial charge in [0.2, 0.25) is 0 Å². The smallest absolute Gasteiger partial charge is 0.0898 e. The highest BCUT2D eigenvalue weighted by atomic mass is 79.9. The summed E-state index contributed by atoms with van der Waals surface area (Å²) in [6.45, 7) is 0.432. The van der Waals surface area contributed by atoms with Gasteiger partial charge < -0.3 is 10.8 Å². The molecule has 2 unspecified atom stereocenters. The minimum atomic E-state index is -0.574. The minimum absolute atomic E-state index is 0.0483. The van der Waals surface area contributed by atoms with Crippen LogP contribution in [0.15, 0.2) is 31.2 Å². The molecular weight excluding hydrogens is 386 g/mol. The quantitative estimate of drug-likeness (QED) is 0.816. The van der Waals surface area contributed by atoms with E-state index in [-0.39, 0.29) is 5.92 Å².